The first-order chi connectivity index (χ1) is 22.8. The number of aromatic nitrogens is 1. The monoisotopic (exact) mass is 602 g/mol. The van der Waals surface area contributed by atoms with Crippen LogP contribution in [0.25, 0.3) is 38.6 Å². The third-order valence-corrected chi connectivity index (χ3v) is 13.9. The van der Waals surface area contributed by atoms with Gasteiger partial charge in [-0.1, -0.05) is 152 Å². The summed E-state index contributed by atoms with van der Waals surface area (Å²) in [6.07, 6.45) is 0. The molecular formula is C43H30N2Si. The molecule has 0 aliphatic rings. The van der Waals surface area contributed by atoms with E-state index >= 15 is 0 Å². The smallest absolute Gasteiger partial charge is 0.179 e. The lowest BCUT2D eigenvalue weighted by Crippen LogP contribution is -2.74. The van der Waals surface area contributed by atoms with Crippen molar-refractivity contribution in [3.05, 3.63) is 188 Å². The first-order valence-electron chi connectivity index (χ1n) is 15.6. The minimum absolute atomic E-state index is 0.667. The maximum Gasteiger partial charge on any atom is 0.179 e. The van der Waals surface area contributed by atoms with Crippen LogP contribution >= 0.6 is 0 Å². The zero-order chi connectivity index (χ0) is 30.9. The van der Waals surface area contributed by atoms with Gasteiger partial charge in [0, 0.05) is 16.3 Å². The molecule has 0 saturated carbocycles. The molecule has 3 heteroatoms. The minimum Gasteiger partial charge on any atom is -0.309 e. The van der Waals surface area contributed by atoms with Gasteiger partial charge in [0.2, 0.25) is 0 Å². The molecule has 0 amide bonds. The Kier molecular flexibility index (Phi) is 6.91. The Bertz CT molecular complexity index is 2270. The maximum atomic E-state index is 9.67. The molecule has 0 unspecified atom stereocenters. The number of para-hydroxylation sites is 2. The highest BCUT2D eigenvalue weighted by Gasteiger charge is 2.41. The number of nitrogens with zero attached hydrogens (tertiary/aromatic N) is 2. The van der Waals surface area contributed by atoms with Crippen molar-refractivity contribution in [2.24, 2.45) is 0 Å². The third-order valence-electron chi connectivity index (χ3n) is 9.17. The maximum absolute atomic E-state index is 9.67. The second-order valence-electron chi connectivity index (χ2n) is 11.6. The van der Waals surface area contributed by atoms with Gasteiger partial charge in [0.25, 0.3) is 0 Å². The van der Waals surface area contributed by atoms with Gasteiger partial charge >= 0.3 is 0 Å². The summed E-state index contributed by atoms with van der Waals surface area (Å²) in [6.45, 7) is 0. The molecule has 0 saturated heterocycles. The molecule has 216 valence electrons. The molecule has 8 aromatic rings. The van der Waals surface area contributed by atoms with E-state index in [-0.39, 0.29) is 0 Å². The summed E-state index contributed by atoms with van der Waals surface area (Å²) in [5.41, 5.74) is 6.33. The number of rotatable bonds is 6. The van der Waals surface area contributed by atoms with Crippen LogP contribution in [0.2, 0.25) is 0 Å². The lowest BCUT2D eigenvalue weighted by molar-refractivity contribution is 1.18. The molecule has 0 radical (unpaired) electrons. The Morgan fingerprint density at radius 2 is 0.978 bits per heavy atom. The predicted molar refractivity (Wildman–Crippen MR) is 195 cm³/mol. The first-order valence-corrected chi connectivity index (χ1v) is 17.6. The third kappa shape index (κ3) is 4.39. The summed E-state index contributed by atoms with van der Waals surface area (Å²) in [7, 11) is -2.68. The van der Waals surface area contributed by atoms with Gasteiger partial charge in [-0.25, -0.2) is 0 Å². The number of nitriles is 1. The second kappa shape index (κ2) is 11.5. The van der Waals surface area contributed by atoms with Crippen LogP contribution in [0, 0.1) is 11.3 Å². The Hall–Kier alpha value is -5.95. The molecular weight excluding hydrogens is 573 g/mol. The van der Waals surface area contributed by atoms with Crippen molar-refractivity contribution in [3.63, 3.8) is 0 Å². The van der Waals surface area contributed by atoms with Crippen molar-refractivity contribution in [3.8, 4) is 22.9 Å². The topological polar surface area (TPSA) is 28.7 Å². The molecule has 0 aliphatic carbocycles. The van der Waals surface area contributed by atoms with Crippen LogP contribution in [-0.2, 0) is 0 Å². The average Bonchev–Trinajstić information content (AvgIpc) is 3.47. The van der Waals surface area contributed by atoms with Crippen LogP contribution in [0.4, 0.5) is 0 Å². The van der Waals surface area contributed by atoms with Crippen molar-refractivity contribution < 1.29 is 0 Å². The fraction of sp³-hybridized carbons (Fsp3) is 0. The molecule has 2 nitrogen and oxygen atoms in total. The Morgan fingerprint density at radius 3 is 1.63 bits per heavy atom. The number of hydrogen-bond donors (Lipinski definition) is 0. The zero-order valence-corrected chi connectivity index (χ0v) is 26.2. The van der Waals surface area contributed by atoms with Crippen molar-refractivity contribution >= 4 is 50.6 Å². The van der Waals surface area contributed by atoms with Crippen LogP contribution in [0.15, 0.2) is 182 Å². The van der Waals surface area contributed by atoms with Gasteiger partial charge < -0.3 is 4.57 Å². The fourth-order valence-corrected chi connectivity index (χ4v) is 12.0. The summed E-state index contributed by atoms with van der Waals surface area (Å²) >= 11 is 0. The summed E-state index contributed by atoms with van der Waals surface area (Å²) in [5, 5.41) is 17.3. The highest BCUT2D eigenvalue weighted by molar-refractivity contribution is 7.19. The van der Waals surface area contributed by atoms with Crippen LogP contribution in [0.5, 0.6) is 0 Å². The largest absolute Gasteiger partial charge is 0.309 e. The molecule has 0 bridgehead atoms. The number of fused-ring (bicyclic) bond motifs is 3. The van der Waals surface area contributed by atoms with E-state index < -0.39 is 8.07 Å². The van der Waals surface area contributed by atoms with Crippen LogP contribution in [0.3, 0.4) is 0 Å². The van der Waals surface area contributed by atoms with E-state index in [1.165, 1.54) is 26.3 Å². The molecule has 8 rings (SSSR count). The SMILES string of the molecule is N#Cc1ccc2c(c1)c1ccccc1n2-c1ccccc1-c1cccc([Si](c2ccccc2)(c2ccccc2)c2ccccc2)c1. The van der Waals surface area contributed by atoms with E-state index in [1.54, 1.807) is 0 Å². The molecule has 0 aliphatic heterocycles. The summed E-state index contributed by atoms with van der Waals surface area (Å²) < 4.78 is 2.35. The standard InChI is InChI=1S/C43H30N2Si/c44-31-32-27-28-43-40(29-32)39-24-11-13-26-42(39)45(43)41-25-12-10-23-38(41)33-15-14-22-37(30-33)46(34-16-4-1-5-17-34,35-18-6-2-7-19-35)36-20-8-3-9-21-36/h1-30H. The van der Waals surface area contributed by atoms with E-state index in [0.29, 0.717) is 5.56 Å². The normalized spacial score (nSPS) is 11.5. The molecule has 0 N–H and O–H groups in total. The fourth-order valence-electron chi connectivity index (χ4n) is 7.20. The van der Waals surface area contributed by atoms with Crippen LogP contribution < -0.4 is 20.7 Å². The number of benzene rings is 7. The minimum atomic E-state index is -2.68. The van der Waals surface area contributed by atoms with Crippen molar-refractivity contribution in [2.75, 3.05) is 0 Å². The summed E-state index contributed by atoms with van der Waals surface area (Å²) in [5.74, 6) is 0. The van der Waals surface area contributed by atoms with E-state index in [4.69, 9.17) is 0 Å². The molecule has 46 heavy (non-hydrogen) atoms. The van der Waals surface area contributed by atoms with Crippen molar-refractivity contribution in [1.82, 2.24) is 4.57 Å². The van der Waals surface area contributed by atoms with E-state index in [1.807, 2.05) is 12.1 Å². The van der Waals surface area contributed by atoms with Gasteiger partial charge in [-0.3, -0.25) is 0 Å². The van der Waals surface area contributed by atoms with Gasteiger partial charge in [-0.2, -0.15) is 5.26 Å². The Morgan fingerprint density at radius 1 is 0.435 bits per heavy atom. The van der Waals surface area contributed by atoms with Gasteiger partial charge in [0.05, 0.1) is 28.4 Å². The van der Waals surface area contributed by atoms with Gasteiger partial charge in [0.1, 0.15) is 0 Å². The first kappa shape index (κ1) is 27.6. The van der Waals surface area contributed by atoms with Crippen LogP contribution in [-0.4, -0.2) is 12.6 Å². The molecule has 1 heterocycles. The van der Waals surface area contributed by atoms with Crippen molar-refractivity contribution in [1.29, 1.82) is 5.26 Å². The quantitative estimate of drug-likeness (QED) is 0.142. The summed E-state index contributed by atoms with van der Waals surface area (Å²) in [6, 6.07) is 67.9. The van der Waals surface area contributed by atoms with E-state index in [9.17, 15) is 5.26 Å². The Labute approximate surface area is 270 Å². The van der Waals surface area contributed by atoms with Gasteiger partial charge in [-0.15, -0.1) is 0 Å². The molecule has 7 aromatic carbocycles. The molecule has 0 spiro atoms. The number of hydrogen-bond acceptors (Lipinski definition) is 1. The van der Waals surface area contributed by atoms with Gasteiger partial charge in [0.15, 0.2) is 8.07 Å². The highest BCUT2D eigenvalue weighted by Crippen LogP contribution is 2.36. The average molecular weight is 603 g/mol. The predicted octanol–water partition coefficient (Wildman–Crippen LogP) is 7.70. The molecule has 0 fully saturated rings. The van der Waals surface area contributed by atoms with E-state index in [0.717, 1.165) is 33.1 Å². The van der Waals surface area contributed by atoms with Crippen molar-refractivity contribution in [2.45, 2.75) is 0 Å². The zero-order valence-electron chi connectivity index (χ0n) is 25.2. The lowest BCUT2D eigenvalue weighted by atomic mass is 10.0. The molecule has 1 aromatic heterocycles. The second-order valence-corrected chi connectivity index (χ2v) is 15.5. The van der Waals surface area contributed by atoms with E-state index in [2.05, 4.69) is 180 Å². The summed E-state index contributed by atoms with van der Waals surface area (Å²) in [4.78, 5) is 0. The lowest BCUT2D eigenvalue weighted by Gasteiger charge is -2.34. The molecule has 0 atom stereocenters. The highest BCUT2D eigenvalue weighted by atomic mass is 28.3. The van der Waals surface area contributed by atoms with Gasteiger partial charge in [-0.05, 0) is 56.6 Å². The van der Waals surface area contributed by atoms with Crippen LogP contribution in [0.1, 0.15) is 5.56 Å². The Balaban J connectivity index is 1.41.